The second kappa shape index (κ2) is 7.10. The lowest BCUT2D eigenvalue weighted by Crippen LogP contribution is -2.41. The molecule has 0 amide bonds. The summed E-state index contributed by atoms with van der Waals surface area (Å²) in [6.45, 7) is 0.975. The minimum absolute atomic E-state index is 0.136. The first-order valence-corrected chi connectivity index (χ1v) is 9.20. The monoisotopic (exact) mass is 392 g/mol. The van der Waals surface area contributed by atoms with Gasteiger partial charge in [-0.05, 0) is 24.6 Å². The van der Waals surface area contributed by atoms with E-state index in [0.717, 1.165) is 35.6 Å². The molecular weight excluding hydrogens is 375 g/mol. The minimum Gasteiger partial charge on any atom is -0.487 e. The smallest absolute Gasteiger partial charge is 0.260 e. The molecule has 4 heterocycles. The first-order chi connectivity index (χ1) is 14.2. The minimum atomic E-state index is -0.409. The van der Waals surface area contributed by atoms with Crippen molar-refractivity contribution >= 4 is 11.8 Å². The van der Waals surface area contributed by atoms with Crippen LogP contribution in [0.25, 0.3) is 17.6 Å². The van der Waals surface area contributed by atoms with Gasteiger partial charge in [0.2, 0.25) is 0 Å². The first kappa shape index (κ1) is 17.5. The van der Waals surface area contributed by atoms with Gasteiger partial charge in [-0.1, -0.05) is 6.08 Å². The zero-order valence-corrected chi connectivity index (χ0v) is 15.3. The van der Waals surface area contributed by atoms with Crippen molar-refractivity contribution in [2.75, 3.05) is 6.54 Å². The summed E-state index contributed by atoms with van der Waals surface area (Å²) in [5.74, 6) is 0.774. The van der Waals surface area contributed by atoms with Crippen LogP contribution < -0.4 is 31.8 Å². The molecule has 0 radical (unpaired) electrons. The van der Waals surface area contributed by atoms with Gasteiger partial charge in [0, 0.05) is 24.7 Å². The van der Waals surface area contributed by atoms with E-state index in [1.165, 1.54) is 22.8 Å². The molecule has 146 valence electrons. The molecule has 2 aliphatic rings. The van der Waals surface area contributed by atoms with Crippen LogP contribution in [-0.4, -0.2) is 26.1 Å². The van der Waals surface area contributed by atoms with Crippen molar-refractivity contribution < 1.29 is 9.13 Å². The lowest BCUT2D eigenvalue weighted by molar-refractivity contribution is 0.300. The summed E-state index contributed by atoms with van der Waals surface area (Å²) in [7, 11) is 0. The Balaban J connectivity index is 1.43. The Bertz CT molecular complexity index is 1260. The second-order valence-electron chi connectivity index (χ2n) is 6.85. The van der Waals surface area contributed by atoms with Gasteiger partial charge in [-0.25, -0.2) is 14.8 Å². The largest absolute Gasteiger partial charge is 0.487 e. The maximum Gasteiger partial charge on any atom is 0.260 e. The number of nitrogens with zero attached hydrogens (tertiary/aromatic N) is 4. The van der Waals surface area contributed by atoms with E-state index in [2.05, 4.69) is 31.9 Å². The van der Waals surface area contributed by atoms with Crippen molar-refractivity contribution in [1.29, 1.82) is 0 Å². The van der Waals surface area contributed by atoms with Crippen LogP contribution in [0.15, 0.2) is 47.7 Å². The number of hydrogen-bond donors (Lipinski definition) is 2. The Morgan fingerprint density at radius 3 is 3.00 bits per heavy atom. The summed E-state index contributed by atoms with van der Waals surface area (Å²) in [6.07, 6.45) is 7.29. The number of halogens is 1. The fourth-order valence-electron chi connectivity index (χ4n) is 3.42. The number of rotatable bonds is 4. The van der Waals surface area contributed by atoms with Crippen molar-refractivity contribution in [3.05, 3.63) is 75.4 Å². The Kier molecular flexibility index (Phi) is 4.28. The van der Waals surface area contributed by atoms with E-state index >= 15 is 0 Å². The molecule has 9 heteroatoms. The second-order valence-corrected chi connectivity index (χ2v) is 6.85. The molecule has 1 aliphatic heterocycles. The van der Waals surface area contributed by atoms with Crippen LogP contribution in [0.2, 0.25) is 0 Å². The number of pyridine rings is 2. The van der Waals surface area contributed by atoms with Crippen molar-refractivity contribution in [2.45, 2.75) is 13.0 Å². The maximum absolute atomic E-state index is 12.9. The van der Waals surface area contributed by atoms with Crippen LogP contribution in [0.3, 0.4) is 0 Å². The van der Waals surface area contributed by atoms with Gasteiger partial charge in [0.1, 0.15) is 23.5 Å². The van der Waals surface area contributed by atoms with E-state index in [4.69, 9.17) is 4.74 Å². The van der Waals surface area contributed by atoms with Crippen molar-refractivity contribution in [3.8, 4) is 11.6 Å². The average molecular weight is 392 g/mol. The van der Waals surface area contributed by atoms with Gasteiger partial charge >= 0.3 is 0 Å². The van der Waals surface area contributed by atoms with Gasteiger partial charge < -0.3 is 10.2 Å². The molecule has 8 nitrogen and oxygen atoms in total. The Hall–Kier alpha value is -3.59. The summed E-state index contributed by atoms with van der Waals surface area (Å²) in [4.78, 5) is 25.7. The molecule has 3 aromatic rings. The third-order valence-electron chi connectivity index (χ3n) is 4.93. The summed E-state index contributed by atoms with van der Waals surface area (Å²) >= 11 is 0. The molecule has 1 unspecified atom stereocenters. The first-order valence-electron chi connectivity index (χ1n) is 9.20. The number of hydrazine groups is 1. The third kappa shape index (κ3) is 3.36. The molecule has 1 atom stereocenters. The summed E-state index contributed by atoms with van der Waals surface area (Å²) in [6, 6.07) is 5.89. The highest BCUT2D eigenvalue weighted by Gasteiger charge is 2.24. The predicted octanol–water partition coefficient (Wildman–Crippen LogP) is -0.243. The normalized spacial score (nSPS) is 17.1. The number of hydrogen-bond acceptors (Lipinski definition) is 7. The highest BCUT2D eigenvalue weighted by molar-refractivity contribution is 5.52. The standard InChI is InChI=1S/C20H17FN6O2/c21-13-2-3-14(22-9-13)11-29-15-5-6-27(18(28)7-15)17-10-23-16-4-1-12-8-24-26-19(12)20(16)25-17/h2-7,9-10,12,24,26H,1,8,11H2. The van der Waals surface area contributed by atoms with E-state index in [0.29, 0.717) is 23.2 Å². The van der Waals surface area contributed by atoms with Crippen molar-refractivity contribution in [3.63, 3.8) is 0 Å². The van der Waals surface area contributed by atoms with Crippen LogP contribution in [-0.2, 0) is 6.61 Å². The quantitative estimate of drug-likeness (QED) is 0.633. The maximum atomic E-state index is 12.9. The van der Waals surface area contributed by atoms with E-state index in [9.17, 15) is 9.18 Å². The van der Waals surface area contributed by atoms with Gasteiger partial charge in [-0.2, -0.15) is 0 Å². The average Bonchev–Trinajstić information content (AvgIpc) is 3.22. The zero-order chi connectivity index (χ0) is 19.8. The molecule has 2 N–H and O–H groups in total. The fraction of sp³-hybridized carbons (Fsp3) is 0.200. The molecule has 0 aromatic carbocycles. The van der Waals surface area contributed by atoms with Gasteiger partial charge in [-0.15, -0.1) is 0 Å². The van der Waals surface area contributed by atoms with Gasteiger partial charge in [0.15, 0.2) is 5.82 Å². The number of ether oxygens (including phenoxy) is 1. The third-order valence-corrected chi connectivity index (χ3v) is 4.93. The van der Waals surface area contributed by atoms with Crippen LogP contribution in [0.5, 0.6) is 5.75 Å². The van der Waals surface area contributed by atoms with Crippen LogP contribution in [0.1, 0.15) is 12.1 Å². The van der Waals surface area contributed by atoms with Crippen molar-refractivity contribution in [2.24, 2.45) is 5.92 Å². The van der Waals surface area contributed by atoms with E-state index in [-0.39, 0.29) is 12.2 Å². The molecule has 1 aliphatic carbocycles. The molecule has 0 bridgehead atoms. The number of fused-ring (bicyclic) bond motifs is 2. The van der Waals surface area contributed by atoms with Crippen LogP contribution >= 0.6 is 0 Å². The lowest BCUT2D eigenvalue weighted by atomic mass is 9.99. The number of nitrogens with one attached hydrogen (secondary N) is 2. The number of aromatic nitrogens is 4. The molecule has 0 spiro atoms. The molecule has 29 heavy (non-hydrogen) atoms. The van der Waals surface area contributed by atoms with E-state index in [1.54, 1.807) is 18.5 Å². The fourth-order valence-corrected chi connectivity index (χ4v) is 3.42. The lowest BCUT2D eigenvalue weighted by Gasteiger charge is -2.13. The predicted molar refractivity (Wildman–Crippen MR) is 103 cm³/mol. The van der Waals surface area contributed by atoms with Gasteiger partial charge in [-0.3, -0.25) is 19.3 Å². The van der Waals surface area contributed by atoms with E-state index in [1.807, 2.05) is 0 Å². The molecule has 1 fully saturated rings. The SMILES string of the molecule is O=c1cc(OCc2ccc(F)cn2)ccn1-c1cnc2c(n1)=C1NNCC1CC=2. The molecule has 1 saturated heterocycles. The van der Waals surface area contributed by atoms with Crippen molar-refractivity contribution in [1.82, 2.24) is 30.4 Å². The van der Waals surface area contributed by atoms with E-state index < -0.39 is 5.82 Å². The van der Waals surface area contributed by atoms with Gasteiger partial charge in [0.05, 0.1) is 29.1 Å². The molecule has 5 rings (SSSR count). The summed E-state index contributed by atoms with van der Waals surface area (Å²) in [5, 5.41) is 1.58. The Labute approximate surface area is 164 Å². The summed E-state index contributed by atoms with van der Waals surface area (Å²) in [5.41, 5.74) is 7.58. The van der Waals surface area contributed by atoms with Gasteiger partial charge in [0.25, 0.3) is 5.56 Å². The molecule has 3 aromatic heterocycles. The van der Waals surface area contributed by atoms with Crippen LogP contribution in [0, 0.1) is 11.7 Å². The Morgan fingerprint density at radius 2 is 2.17 bits per heavy atom. The highest BCUT2D eigenvalue weighted by atomic mass is 19.1. The highest BCUT2D eigenvalue weighted by Crippen LogP contribution is 2.17. The topological polar surface area (TPSA) is 94.0 Å². The molecular formula is C20H17FN6O2. The summed E-state index contributed by atoms with van der Waals surface area (Å²) < 4.78 is 19.9. The van der Waals surface area contributed by atoms with Crippen LogP contribution in [0.4, 0.5) is 4.39 Å². The Morgan fingerprint density at radius 1 is 1.24 bits per heavy atom. The molecule has 0 saturated carbocycles. The zero-order valence-electron chi connectivity index (χ0n) is 15.3.